The molecular weight excluding hydrogens is 517 g/mol. The Hall–Kier alpha value is -2.17. The van der Waals surface area contributed by atoms with E-state index < -0.39 is 18.2 Å². The van der Waals surface area contributed by atoms with E-state index in [0.29, 0.717) is 29.8 Å². The summed E-state index contributed by atoms with van der Waals surface area (Å²) in [5, 5.41) is 12.6. The first-order valence-corrected chi connectivity index (χ1v) is 13.0. The maximum atomic E-state index is 14.3. The Morgan fingerprint density at radius 3 is 2.89 bits per heavy atom. The quantitative estimate of drug-likeness (QED) is 0.319. The van der Waals surface area contributed by atoms with Gasteiger partial charge < -0.3 is 20.1 Å². The van der Waals surface area contributed by atoms with Crippen LogP contribution in [0.15, 0.2) is 29.1 Å². The van der Waals surface area contributed by atoms with Gasteiger partial charge in [0.25, 0.3) is 0 Å². The molecule has 8 nitrogen and oxygen atoms in total. The van der Waals surface area contributed by atoms with Crippen LogP contribution in [0.1, 0.15) is 49.1 Å². The maximum Gasteiger partial charge on any atom is 0.326 e. The van der Waals surface area contributed by atoms with Crippen LogP contribution in [0.4, 0.5) is 10.2 Å². The van der Waals surface area contributed by atoms with Gasteiger partial charge in [0.1, 0.15) is 24.4 Å². The molecule has 2 N–H and O–H groups in total. The van der Waals surface area contributed by atoms with Crippen LogP contribution in [0.5, 0.6) is 0 Å². The van der Waals surface area contributed by atoms with Crippen molar-refractivity contribution < 1.29 is 19.0 Å². The molecule has 192 valence electrons. The number of rotatable bonds is 15. The maximum absolute atomic E-state index is 14.3. The summed E-state index contributed by atoms with van der Waals surface area (Å²) in [6.45, 7) is 1.34. The second-order valence-corrected chi connectivity index (χ2v) is 9.82. The molecule has 0 unspecified atom stereocenters. The predicted octanol–water partition coefficient (Wildman–Crippen LogP) is 4.08. The monoisotopic (exact) mass is 551 g/mol. The normalized spacial score (nSPS) is 15.0. The van der Waals surface area contributed by atoms with Crippen molar-refractivity contribution in [3.63, 3.8) is 0 Å². The Labute approximate surface area is 214 Å². The lowest BCUT2D eigenvalue weighted by Gasteiger charge is -2.26. The number of alkyl halides is 1. The fraction of sp³-hybridized carbons (Fsp3) is 0.600. The highest BCUT2D eigenvalue weighted by Crippen LogP contribution is 2.21. The molecule has 3 rings (SSSR count). The number of carboxylic acid groups (broad SMARTS) is 1. The van der Waals surface area contributed by atoms with Gasteiger partial charge in [0, 0.05) is 37.8 Å². The smallest absolute Gasteiger partial charge is 0.326 e. The number of carboxylic acids is 1. The number of ether oxygens (including phenoxy) is 1. The SMILES string of the molecule is COC[C@@H](F)CN(CCCCc1ccc2c(n1)CCCC2)CC[C@H](Nc1ncncc1Br)C(=O)O. The first kappa shape index (κ1) is 27.4. The Balaban J connectivity index is 1.52. The number of pyridine rings is 1. The highest BCUT2D eigenvalue weighted by atomic mass is 79.9. The van der Waals surface area contributed by atoms with Gasteiger partial charge in [-0.3, -0.25) is 4.98 Å². The van der Waals surface area contributed by atoms with E-state index in [1.54, 1.807) is 6.20 Å². The number of fused-ring (bicyclic) bond motifs is 1. The van der Waals surface area contributed by atoms with Gasteiger partial charge in [0.2, 0.25) is 0 Å². The van der Waals surface area contributed by atoms with Crippen molar-refractivity contribution in [2.24, 2.45) is 0 Å². The Kier molecular flexibility index (Phi) is 11.3. The van der Waals surface area contributed by atoms with Crippen molar-refractivity contribution in [2.45, 2.75) is 63.6 Å². The Morgan fingerprint density at radius 2 is 2.11 bits per heavy atom. The number of carbonyl (C=O) groups is 1. The second kappa shape index (κ2) is 14.4. The number of halogens is 2. The molecule has 0 amide bonds. The number of unbranched alkanes of at least 4 members (excludes halogenated alkanes) is 1. The van der Waals surface area contributed by atoms with Crippen LogP contribution in [0.25, 0.3) is 0 Å². The van der Waals surface area contributed by atoms with E-state index in [1.807, 2.05) is 4.90 Å². The lowest BCUT2D eigenvalue weighted by Crippen LogP contribution is -2.38. The molecule has 2 aromatic heterocycles. The van der Waals surface area contributed by atoms with Gasteiger partial charge in [-0.05, 0) is 85.5 Å². The van der Waals surface area contributed by atoms with E-state index in [2.05, 4.69) is 43.3 Å². The third-order valence-corrected chi connectivity index (χ3v) is 6.79. The molecule has 0 aliphatic heterocycles. The highest BCUT2D eigenvalue weighted by molar-refractivity contribution is 9.10. The molecule has 1 aliphatic rings. The number of aryl methyl sites for hydroxylation is 3. The van der Waals surface area contributed by atoms with E-state index in [1.165, 1.54) is 37.5 Å². The average Bonchev–Trinajstić information content (AvgIpc) is 2.85. The van der Waals surface area contributed by atoms with E-state index in [-0.39, 0.29) is 13.2 Å². The average molecular weight is 552 g/mol. The molecule has 0 saturated heterocycles. The van der Waals surface area contributed by atoms with Crippen molar-refractivity contribution in [1.82, 2.24) is 19.9 Å². The molecule has 10 heteroatoms. The summed E-state index contributed by atoms with van der Waals surface area (Å²) < 4.78 is 19.9. The highest BCUT2D eigenvalue weighted by Gasteiger charge is 2.21. The zero-order chi connectivity index (χ0) is 25.0. The molecule has 0 spiro atoms. The van der Waals surface area contributed by atoms with E-state index in [9.17, 15) is 14.3 Å². The van der Waals surface area contributed by atoms with Crippen molar-refractivity contribution in [1.29, 1.82) is 0 Å². The van der Waals surface area contributed by atoms with E-state index in [0.717, 1.165) is 37.8 Å². The number of methoxy groups -OCH3 is 1. The van der Waals surface area contributed by atoms with Crippen LogP contribution < -0.4 is 5.32 Å². The zero-order valence-corrected chi connectivity index (χ0v) is 21.8. The Bertz CT molecular complexity index is 951. The molecular formula is C25H35BrFN5O3. The molecule has 0 bridgehead atoms. The number of hydrogen-bond donors (Lipinski definition) is 2. The fourth-order valence-electron chi connectivity index (χ4n) is 4.37. The minimum absolute atomic E-state index is 0.0179. The Morgan fingerprint density at radius 1 is 1.29 bits per heavy atom. The summed E-state index contributed by atoms with van der Waals surface area (Å²) in [7, 11) is 1.48. The standard InChI is InChI=1S/C25H35BrFN5O3/c1-35-16-19(27)15-32(13-11-23(25(33)34)31-24-21(26)14-28-17-29-24)12-5-4-7-20-10-9-18-6-2-3-8-22(18)30-20/h9-10,14,17,19,23H,2-8,11-13,15-16H2,1H3,(H,33,34)(H,28,29,31)/t19-,23-/m0/s1. The van der Waals surface area contributed by atoms with Crippen LogP contribution in [0, 0.1) is 0 Å². The molecule has 2 atom stereocenters. The van der Waals surface area contributed by atoms with Crippen LogP contribution in [0.2, 0.25) is 0 Å². The zero-order valence-electron chi connectivity index (χ0n) is 20.3. The summed E-state index contributed by atoms with van der Waals surface area (Å²) in [5.41, 5.74) is 3.75. The molecule has 2 heterocycles. The number of nitrogens with zero attached hydrogens (tertiary/aromatic N) is 4. The van der Waals surface area contributed by atoms with Crippen LogP contribution in [-0.4, -0.2) is 76.5 Å². The number of nitrogens with one attached hydrogen (secondary N) is 1. The van der Waals surface area contributed by atoms with Crippen LogP contribution >= 0.6 is 15.9 Å². The molecule has 0 aromatic carbocycles. The van der Waals surface area contributed by atoms with Gasteiger partial charge in [0.15, 0.2) is 0 Å². The number of aliphatic carboxylic acids is 1. The third-order valence-electron chi connectivity index (χ3n) is 6.21. The van der Waals surface area contributed by atoms with E-state index >= 15 is 0 Å². The molecule has 0 fully saturated rings. The van der Waals surface area contributed by atoms with E-state index in [4.69, 9.17) is 9.72 Å². The minimum Gasteiger partial charge on any atom is -0.480 e. The molecule has 2 aromatic rings. The fourth-order valence-corrected chi connectivity index (χ4v) is 4.70. The molecule has 0 radical (unpaired) electrons. The van der Waals surface area contributed by atoms with Gasteiger partial charge in [-0.2, -0.15) is 0 Å². The summed E-state index contributed by atoms with van der Waals surface area (Å²) in [6, 6.07) is 3.49. The molecule has 1 aliphatic carbocycles. The number of aromatic nitrogens is 3. The van der Waals surface area contributed by atoms with Crippen LogP contribution in [-0.2, 0) is 28.8 Å². The first-order valence-electron chi connectivity index (χ1n) is 12.2. The van der Waals surface area contributed by atoms with Crippen molar-refractivity contribution >= 4 is 27.7 Å². The summed E-state index contributed by atoms with van der Waals surface area (Å²) in [5.74, 6) is -0.568. The van der Waals surface area contributed by atoms with Gasteiger partial charge in [-0.25, -0.2) is 19.2 Å². The largest absolute Gasteiger partial charge is 0.480 e. The summed E-state index contributed by atoms with van der Waals surface area (Å²) in [4.78, 5) is 26.6. The lowest BCUT2D eigenvalue weighted by molar-refractivity contribution is -0.138. The van der Waals surface area contributed by atoms with Gasteiger partial charge >= 0.3 is 5.97 Å². The van der Waals surface area contributed by atoms with Gasteiger partial charge in [-0.15, -0.1) is 0 Å². The number of hydrogen-bond acceptors (Lipinski definition) is 7. The van der Waals surface area contributed by atoms with Gasteiger partial charge in [-0.1, -0.05) is 6.07 Å². The first-order chi connectivity index (χ1) is 17.0. The molecule has 35 heavy (non-hydrogen) atoms. The minimum atomic E-state index is -1.13. The van der Waals surface area contributed by atoms with Crippen molar-refractivity contribution in [2.75, 3.05) is 38.7 Å². The van der Waals surface area contributed by atoms with Crippen molar-refractivity contribution in [3.05, 3.63) is 46.1 Å². The predicted molar refractivity (Wildman–Crippen MR) is 136 cm³/mol. The number of anilines is 1. The topological polar surface area (TPSA) is 100 Å². The summed E-state index contributed by atoms with van der Waals surface area (Å²) in [6.07, 6.45) is 9.44. The summed E-state index contributed by atoms with van der Waals surface area (Å²) >= 11 is 3.33. The molecule has 0 saturated carbocycles. The second-order valence-electron chi connectivity index (χ2n) is 8.97. The third kappa shape index (κ3) is 9.09. The van der Waals surface area contributed by atoms with Crippen molar-refractivity contribution in [3.8, 4) is 0 Å². The lowest BCUT2D eigenvalue weighted by atomic mass is 9.95. The van der Waals surface area contributed by atoms with Crippen LogP contribution in [0.3, 0.4) is 0 Å². The van der Waals surface area contributed by atoms with Gasteiger partial charge in [0.05, 0.1) is 11.1 Å².